The molecule has 1 amide bonds. The smallest absolute Gasteiger partial charge is 0.271 e. The van der Waals surface area contributed by atoms with Crippen molar-refractivity contribution in [3.05, 3.63) is 140 Å². The highest BCUT2D eigenvalue weighted by atomic mass is 35.5. The lowest BCUT2D eigenvalue weighted by molar-refractivity contribution is -0.113. The van der Waals surface area contributed by atoms with Gasteiger partial charge in [0.1, 0.15) is 6.61 Å². The van der Waals surface area contributed by atoms with Gasteiger partial charge in [-0.15, -0.1) is 0 Å². The molecular weight excluding hydrogens is 583 g/mol. The summed E-state index contributed by atoms with van der Waals surface area (Å²) in [6, 6.07) is 33.5. The molecule has 1 saturated heterocycles. The van der Waals surface area contributed by atoms with Crippen molar-refractivity contribution in [3.8, 4) is 5.75 Å². The number of aliphatic imine (C=N–C) groups is 1. The second-order valence-corrected chi connectivity index (χ2v) is 11.9. The van der Waals surface area contributed by atoms with Gasteiger partial charge >= 0.3 is 0 Å². The first-order valence-corrected chi connectivity index (χ1v) is 15.0. The molecule has 1 heterocycles. The molecule has 42 heavy (non-hydrogen) atoms. The van der Waals surface area contributed by atoms with Gasteiger partial charge < -0.3 is 4.74 Å². The van der Waals surface area contributed by atoms with E-state index in [4.69, 9.17) is 32.9 Å². The molecule has 1 aliphatic rings. The molecule has 0 unspecified atom stereocenters. The van der Waals surface area contributed by atoms with E-state index < -0.39 is 0 Å². The summed E-state index contributed by atoms with van der Waals surface area (Å²) in [5, 5.41) is 3.57. The van der Waals surface area contributed by atoms with E-state index in [1.165, 1.54) is 11.8 Å². The summed E-state index contributed by atoms with van der Waals surface area (Å²) < 4.78 is 6.10. The first-order chi connectivity index (χ1) is 20.4. The first-order valence-electron chi connectivity index (χ1n) is 13.4. The fourth-order valence-corrected chi connectivity index (χ4v) is 6.33. The molecule has 7 heteroatoms. The predicted octanol–water partition coefficient (Wildman–Crippen LogP) is 10.2. The van der Waals surface area contributed by atoms with E-state index >= 15 is 0 Å². The predicted molar refractivity (Wildman–Crippen MR) is 177 cm³/mol. The maximum absolute atomic E-state index is 13.7. The van der Waals surface area contributed by atoms with Crippen LogP contribution in [0.5, 0.6) is 5.75 Å². The number of halogens is 2. The summed E-state index contributed by atoms with van der Waals surface area (Å²) in [5.41, 5.74) is 5.50. The molecule has 4 nitrogen and oxygen atoms in total. The van der Waals surface area contributed by atoms with Crippen molar-refractivity contribution in [2.75, 3.05) is 4.90 Å². The second-order valence-electron chi connectivity index (χ2n) is 10.1. The lowest BCUT2D eigenvalue weighted by atomic mass is 10.1. The largest absolute Gasteiger partial charge is 0.486 e. The Morgan fingerprint density at radius 2 is 1.48 bits per heavy atom. The van der Waals surface area contributed by atoms with Gasteiger partial charge in [0.05, 0.1) is 26.3 Å². The Hall–Kier alpha value is -4.03. The van der Waals surface area contributed by atoms with Crippen LogP contribution in [-0.2, 0) is 11.4 Å². The number of carbonyl (C=O) groups excluding carboxylic acids is 1. The molecule has 5 aromatic carbocycles. The van der Waals surface area contributed by atoms with E-state index in [-0.39, 0.29) is 5.91 Å². The van der Waals surface area contributed by atoms with Gasteiger partial charge in [0, 0.05) is 0 Å². The van der Waals surface area contributed by atoms with Gasteiger partial charge in [-0.3, -0.25) is 9.69 Å². The molecule has 1 aliphatic heterocycles. The van der Waals surface area contributed by atoms with Gasteiger partial charge in [-0.25, -0.2) is 4.99 Å². The number of ether oxygens (including phenoxy) is 1. The van der Waals surface area contributed by atoms with Crippen LogP contribution < -0.4 is 9.64 Å². The molecule has 0 atom stereocenters. The highest BCUT2D eigenvalue weighted by Gasteiger charge is 2.35. The molecule has 5 aromatic rings. The van der Waals surface area contributed by atoms with Gasteiger partial charge in [0.2, 0.25) is 0 Å². The van der Waals surface area contributed by atoms with E-state index in [0.29, 0.717) is 38.0 Å². The summed E-state index contributed by atoms with van der Waals surface area (Å²) in [7, 11) is 0. The lowest BCUT2D eigenvalue weighted by Crippen LogP contribution is -2.28. The Labute approximate surface area is 259 Å². The molecular formula is C35H26Cl2N2O2S. The summed E-state index contributed by atoms with van der Waals surface area (Å²) >= 11 is 14.6. The average Bonchev–Trinajstić information content (AvgIpc) is 3.28. The highest BCUT2D eigenvalue weighted by Crippen LogP contribution is 2.40. The zero-order chi connectivity index (χ0) is 29.2. The van der Waals surface area contributed by atoms with Gasteiger partial charge in [0.15, 0.2) is 10.9 Å². The van der Waals surface area contributed by atoms with Crippen LogP contribution in [0.15, 0.2) is 113 Å². The van der Waals surface area contributed by atoms with Crippen molar-refractivity contribution in [3.63, 3.8) is 0 Å². The Balaban J connectivity index is 1.29. The standard InChI is InChI=1S/C35H26Cl2N2O2S/c1-22-10-14-27(15-11-22)38-35-39(28-16-12-23(2)13-17-28)34(40)32(42-35)20-24-18-30(36)33(31(37)19-24)41-21-26-8-5-7-25-6-3-4-9-29(25)26/h3-20H,21H2,1-2H3/b32-20-,38-35?. The number of thioether (sulfide) groups is 1. The van der Waals surface area contributed by atoms with Crippen LogP contribution in [0, 0.1) is 13.8 Å². The molecule has 6 rings (SSSR count). The van der Waals surface area contributed by atoms with Crippen LogP contribution in [-0.4, -0.2) is 11.1 Å². The Morgan fingerprint density at radius 3 is 2.19 bits per heavy atom. The van der Waals surface area contributed by atoms with Gasteiger partial charge in [-0.05, 0) is 90.0 Å². The molecule has 0 radical (unpaired) electrons. The molecule has 0 aliphatic carbocycles. The molecule has 0 aromatic heterocycles. The second kappa shape index (κ2) is 12.1. The number of aryl methyl sites for hydroxylation is 2. The quantitative estimate of drug-likeness (QED) is 0.180. The number of anilines is 1. The average molecular weight is 610 g/mol. The normalized spacial score (nSPS) is 15.2. The maximum Gasteiger partial charge on any atom is 0.271 e. The van der Waals surface area contributed by atoms with Crippen molar-refractivity contribution < 1.29 is 9.53 Å². The first kappa shape index (κ1) is 28.1. The molecule has 0 saturated carbocycles. The Bertz CT molecular complexity index is 1840. The number of amidine groups is 1. The van der Waals surface area contributed by atoms with Crippen LogP contribution in [0.2, 0.25) is 10.0 Å². The number of amides is 1. The number of fused-ring (bicyclic) bond motifs is 1. The van der Waals surface area contributed by atoms with Crippen molar-refractivity contribution >= 4 is 74.3 Å². The summed E-state index contributed by atoms with van der Waals surface area (Å²) in [6.45, 7) is 4.36. The molecule has 208 valence electrons. The van der Waals surface area contributed by atoms with Crippen molar-refractivity contribution in [1.29, 1.82) is 0 Å². The van der Waals surface area contributed by atoms with Gasteiger partial charge in [0.25, 0.3) is 5.91 Å². The summed E-state index contributed by atoms with van der Waals surface area (Å²) in [4.78, 5) is 20.7. The third-order valence-corrected chi connectivity index (χ3v) is 8.46. The Kier molecular flexibility index (Phi) is 8.07. The van der Waals surface area contributed by atoms with Gasteiger partial charge in [-0.2, -0.15) is 0 Å². The number of nitrogens with zero attached hydrogens (tertiary/aromatic N) is 2. The Morgan fingerprint density at radius 1 is 0.833 bits per heavy atom. The monoisotopic (exact) mass is 608 g/mol. The van der Waals surface area contributed by atoms with Crippen LogP contribution in [0.3, 0.4) is 0 Å². The summed E-state index contributed by atoms with van der Waals surface area (Å²) in [5.74, 6) is 0.236. The molecule has 0 N–H and O–H groups in total. The zero-order valence-electron chi connectivity index (χ0n) is 23.0. The minimum absolute atomic E-state index is 0.168. The number of carbonyl (C=O) groups is 1. The van der Waals surface area contributed by atoms with E-state index in [1.807, 2.05) is 86.6 Å². The van der Waals surface area contributed by atoms with Crippen LogP contribution in [0.1, 0.15) is 22.3 Å². The van der Waals surface area contributed by atoms with Crippen LogP contribution in [0.25, 0.3) is 16.8 Å². The lowest BCUT2D eigenvalue weighted by Gasteiger charge is -2.16. The zero-order valence-corrected chi connectivity index (χ0v) is 25.3. The highest BCUT2D eigenvalue weighted by molar-refractivity contribution is 8.19. The van der Waals surface area contributed by atoms with E-state index in [2.05, 4.69) is 18.2 Å². The molecule has 0 bridgehead atoms. The number of hydrogen-bond donors (Lipinski definition) is 0. The van der Waals surface area contributed by atoms with E-state index in [9.17, 15) is 4.79 Å². The molecule has 0 spiro atoms. The summed E-state index contributed by atoms with van der Waals surface area (Å²) in [6.07, 6.45) is 1.79. The SMILES string of the molecule is Cc1ccc(N=C2S/C(=C\c3cc(Cl)c(OCc4cccc5ccccc45)c(Cl)c3)C(=O)N2c2ccc(C)cc2)cc1. The van der Waals surface area contributed by atoms with E-state index in [1.54, 1.807) is 23.1 Å². The van der Waals surface area contributed by atoms with Crippen molar-refractivity contribution in [2.45, 2.75) is 20.5 Å². The topological polar surface area (TPSA) is 41.9 Å². The minimum Gasteiger partial charge on any atom is -0.486 e. The third kappa shape index (κ3) is 5.95. The number of rotatable bonds is 6. The van der Waals surface area contributed by atoms with Crippen molar-refractivity contribution in [2.24, 2.45) is 4.99 Å². The third-order valence-electron chi connectivity index (χ3n) is 6.93. The fraction of sp³-hybridized carbons (Fsp3) is 0.0857. The van der Waals surface area contributed by atoms with Crippen molar-refractivity contribution in [1.82, 2.24) is 0 Å². The van der Waals surface area contributed by atoms with Crippen LogP contribution in [0.4, 0.5) is 11.4 Å². The van der Waals surface area contributed by atoms with E-state index in [0.717, 1.165) is 38.8 Å². The van der Waals surface area contributed by atoms with Crippen LogP contribution >= 0.6 is 35.0 Å². The minimum atomic E-state index is -0.168. The number of benzene rings is 5. The van der Waals surface area contributed by atoms with Gasteiger partial charge in [-0.1, -0.05) is 101 Å². The number of hydrogen-bond acceptors (Lipinski definition) is 4. The fourth-order valence-electron chi connectivity index (χ4n) is 4.72. The molecule has 1 fully saturated rings. The maximum atomic E-state index is 13.7.